The van der Waals surface area contributed by atoms with E-state index in [9.17, 15) is 4.79 Å². The molecular weight excluding hydrogens is 226 g/mol. The van der Waals surface area contributed by atoms with Crippen LogP contribution in [-0.4, -0.2) is 16.3 Å². The molecule has 0 radical (unpaired) electrons. The van der Waals surface area contributed by atoms with Crippen molar-refractivity contribution in [3.63, 3.8) is 0 Å². The Hall–Kier alpha value is -1.77. The molecule has 0 spiro atoms. The Balaban J connectivity index is 2.48. The molecule has 2 rings (SSSR count). The molecule has 0 saturated carbocycles. The summed E-state index contributed by atoms with van der Waals surface area (Å²) in [4.78, 5) is 12.1. The quantitative estimate of drug-likeness (QED) is 0.760. The first-order chi connectivity index (χ1) is 8.42. The summed E-state index contributed by atoms with van der Waals surface area (Å²) in [6.45, 7) is 7.70. The molecule has 0 bridgehead atoms. The number of aromatic nitrogens is 1. The highest BCUT2D eigenvalue weighted by Gasteiger charge is 2.20. The van der Waals surface area contributed by atoms with Gasteiger partial charge in [0.1, 0.15) is 5.60 Å². The average Bonchev–Trinajstić information content (AvgIpc) is 2.65. The molecule has 0 N–H and O–H groups in total. The Morgan fingerprint density at radius 1 is 1.28 bits per heavy atom. The summed E-state index contributed by atoms with van der Waals surface area (Å²) in [6, 6.07) is 7.90. The lowest BCUT2D eigenvalue weighted by molar-refractivity contribution is 0.0544. The van der Waals surface area contributed by atoms with Gasteiger partial charge in [0.25, 0.3) is 0 Å². The zero-order valence-corrected chi connectivity index (χ0v) is 11.4. The summed E-state index contributed by atoms with van der Waals surface area (Å²) in [6.07, 6.45) is 2.45. The van der Waals surface area contributed by atoms with E-state index in [-0.39, 0.29) is 6.09 Å². The van der Waals surface area contributed by atoms with Crippen LogP contribution in [0.2, 0.25) is 0 Å². The minimum absolute atomic E-state index is 0.321. The molecule has 96 valence electrons. The molecule has 1 aromatic carbocycles. The minimum atomic E-state index is -0.477. The van der Waals surface area contributed by atoms with E-state index in [1.165, 1.54) is 0 Å². The molecule has 0 aliphatic heterocycles. The fourth-order valence-electron chi connectivity index (χ4n) is 1.99. The summed E-state index contributed by atoms with van der Waals surface area (Å²) in [7, 11) is 0. The molecule has 1 aromatic heterocycles. The van der Waals surface area contributed by atoms with E-state index >= 15 is 0 Å². The molecule has 0 aliphatic rings. The fraction of sp³-hybridized carbons (Fsp3) is 0.400. The zero-order chi connectivity index (χ0) is 13.3. The SMILES string of the molecule is CCc1cn(C(=O)OC(C)(C)C)c2ccccc12. The molecule has 3 nitrogen and oxygen atoms in total. The standard InChI is InChI=1S/C15H19NO2/c1-5-11-10-16(14(17)18-15(2,3)4)13-9-7-6-8-12(11)13/h6-10H,5H2,1-4H3. The van der Waals surface area contributed by atoms with E-state index in [0.717, 1.165) is 22.9 Å². The van der Waals surface area contributed by atoms with Crippen molar-refractivity contribution in [2.45, 2.75) is 39.7 Å². The normalized spacial score (nSPS) is 11.8. The Bertz CT molecular complexity index is 576. The van der Waals surface area contributed by atoms with Gasteiger partial charge in [-0.15, -0.1) is 0 Å². The van der Waals surface area contributed by atoms with Crippen LogP contribution in [0.25, 0.3) is 10.9 Å². The first-order valence-corrected chi connectivity index (χ1v) is 6.24. The van der Waals surface area contributed by atoms with Gasteiger partial charge in [-0.3, -0.25) is 4.57 Å². The van der Waals surface area contributed by atoms with Crippen molar-refractivity contribution in [2.24, 2.45) is 0 Å². The number of hydrogen-bond acceptors (Lipinski definition) is 2. The number of hydrogen-bond donors (Lipinski definition) is 0. The van der Waals surface area contributed by atoms with E-state index in [2.05, 4.69) is 6.92 Å². The average molecular weight is 245 g/mol. The molecule has 1 heterocycles. The highest BCUT2D eigenvalue weighted by Crippen LogP contribution is 2.22. The third-order valence-electron chi connectivity index (χ3n) is 2.77. The van der Waals surface area contributed by atoms with Crippen LogP contribution in [0, 0.1) is 0 Å². The van der Waals surface area contributed by atoms with Gasteiger partial charge in [-0.2, -0.15) is 0 Å². The number of carbonyl (C=O) groups is 1. The molecule has 0 amide bonds. The first-order valence-electron chi connectivity index (χ1n) is 6.24. The molecule has 18 heavy (non-hydrogen) atoms. The number of rotatable bonds is 1. The Morgan fingerprint density at radius 3 is 2.56 bits per heavy atom. The van der Waals surface area contributed by atoms with Gasteiger partial charge in [-0.25, -0.2) is 4.79 Å². The summed E-state index contributed by atoms with van der Waals surface area (Å²) in [5.74, 6) is 0. The number of aryl methyl sites for hydroxylation is 1. The van der Waals surface area contributed by atoms with E-state index in [1.807, 2.05) is 51.2 Å². The van der Waals surface area contributed by atoms with Crippen molar-refractivity contribution in [1.29, 1.82) is 0 Å². The second-order valence-corrected chi connectivity index (χ2v) is 5.38. The molecule has 2 aromatic rings. The Labute approximate surface area is 107 Å². The zero-order valence-electron chi connectivity index (χ0n) is 11.4. The van der Waals surface area contributed by atoms with Gasteiger partial charge in [0, 0.05) is 11.6 Å². The molecule has 3 heteroatoms. The lowest BCUT2D eigenvalue weighted by Gasteiger charge is -2.19. The van der Waals surface area contributed by atoms with Gasteiger partial charge in [0.2, 0.25) is 0 Å². The van der Waals surface area contributed by atoms with Crippen molar-refractivity contribution in [1.82, 2.24) is 4.57 Å². The number of fused-ring (bicyclic) bond motifs is 1. The third-order valence-corrected chi connectivity index (χ3v) is 2.77. The van der Waals surface area contributed by atoms with Crippen molar-refractivity contribution in [3.8, 4) is 0 Å². The molecular formula is C15H19NO2. The maximum Gasteiger partial charge on any atom is 0.419 e. The van der Waals surface area contributed by atoms with E-state index in [1.54, 1.807) is 4.57 Å². The van der Waals surface area contributed by atoms with Gasteiger partial charge in [0.05, 0.1) is 5.52 Å². The number of para-hydroxylation sites is 1. The van der Waals surface area contributed by atoms with Gasteiger partial charge in [-0.05, 0) is 38.8 Å². The maximum atomic E-state index is 12.1. The van der Waals surface area contributed by atoms with Crippen LogP contribution in [0.3, 0.4) is 0 Å². The third kappa shape index (κ3) is 2.40. The second-order valence-electron chi connectivity index (χ2n) is 5.38. The van der Waals surface area contributed by atoms with Crippen molar-refractivity contribution >= 4 is 17.0 Å². The largest absolute Gasteiger partial charge is 0.443 e. The summed E-state index contributed by atoms with van der Waals surface area (Å²) in [5, 5.41) is 1.12. The monoisotopic (exact) mass is 245 g/mol. The number of benzene rings is 1. The van der Waals surface area contributed by atoms with Gasteiger partial charge < -0.3 is 4.74 Å². The maximum absolute atomic E-state index is 12.1. The van der Waals surface area contributed by atoms with Crippen LogP contribution in [0.1, 0.15) is 33.3 Å². The van der Waals surface area contributed by atoms with Crippen LogP contribution in [0.15, 0.2) is 30.5 Å². The fourth-order valence-corrected chi connectivity index (χ4v) is 1.99. The molecule has 0 aliphatic carbocycles. The van der Waals surface area contributed by atoms with Crippen LogP contribution in [0.5, 0.6) is 0 Å². The molecule has 0 saturated heterocycles. The molecule has 0 fully saturated rings. The predicted molar refractivity (Wildman–Crippen MR) is 72.9 cm³/mol. The topological polar surface area (TPSA) is 31.2 Å². The van der Waals surface area contributed by atoms with Gasteiger partial charge in [0.15, 0.2) is 0 Å². The Kier molecular flexibility index (Phi) is 3.16. The Morgan fingerprint density at radius 2 is 1.94 bits per heavy atom. The highest BCUT2D eigenvalue weighted by molar-refractivity contribution is 5.92. The van der Waals surface area contributed by atoms with Crippen LogP contribution >= 0.6 is 0 Å². The minimum Gasteiger partial charge on any atom is -0.443 e. The van der Waals surface area contributed by atoms with Crippen molar-refractivity contribution < 1.29 is 9.53 Å². The van der Waals surface area contributed by atoms with E-state index in [4.69, 9.17) is 4.74 Å². The molecule has 0 atom stereocenters. The summed E-state index contributed by atoms with van der Waals surface area (Å²) >= 11 is 0. The number of ether oxygens (including phenoxy) is 1. The van der Waals surface area contributed by atoms with Gasteiger partial charge >= 0.3 is 6.09 Å². The number of nitrogens with zero attached hydrogens (tertiary/aromatic N) is 1. The van der Waals surface area contributed by atoms with Crippen LogP contribution in [-0.2, 0) is 11.2 Å². The van der Waals surface area contributed by atoms with Gasteiger partial charge in [-0.1, -0.05) is 25.1 Å². The first kappa shape index (κ1) is 12.7. The van der Waals surface area contributed by atoms with E-state index in [0.29, 0.717) is 0 Å². The van der Waals surface area contributed by atoms with E-state index < -0.39 is 5.60 Å². The highest BCUT2D eigenvalue weighted by atomic mass is 16.6. The lowest BCUT2D eigenvalue weighted by Crippen LogP contribution is -2.26. The summed E-state index contributed by atoms with van der Waals surface area (Å²) in [5.41, 5.74) is 1.59. The second kappa shape index (κ2) is 4.48. The van der Waals surface area contributed by atoms with Crippen molar-refractivity contribution in [3.05, 3.63) is 36.0 Å². The number of carbonyl (C=O) groups excluding carboxylic acids is 1. The van der Waals surface area contributed by atoms with Crippen LogP contribution < -0.4 is 0 Å². The smallest absolute Gasteiger partial charge is 0.419 e. The van der Waals surface area contributed by atoms with Crippen LogP contribution in [0.4, 0.5) is 4.79 Å². The lowest BCUT2D eigenvalue weighted by atomic mass is 10.1. The summed E-state index contributed by atoms with van der Waals surface area (Å²) < 4.78 is 7.01. The predicted octanol–water partition coefficient (Wildman–Crippen LogP) is 3.99. The molecule has 0 unspecified atom stereocenters. The van der Waals surface area contributed by atoms with Crippen molar-refractivity contribution in [2.75, 3.05) is 0 Å².